The molecule has 1 aliphatic rings. The number of benzene rings is 3. The van der Waals surface area contributed by atoms with Crippen molar-refractivity contribution in [1.29, 1.82) is 0 Å². The maximum absolute atomic E-state index is 13.2. The maximum atomic E-state index is 13.2. The lowest BCUT2D eigenvalue weighted by atomic mass is 10.0. The van der Waals surface area contributed by atoms with Crippen LogP contribution in [0.4, 0.5) is 10.5 Å². The van der Waals surface area contributed by atoms with E-state index in [-0.39, 0.29) is 5.57 Å². The number of nitrogens with zero attached hydrogens (tertiary/aromatic N) is 1. The molecule has 4 rings (SSSR count). The Morgan fingerprint density at radius 2 is 1.82 bits per heavy atom. The number of nitrogens with one attached hydrogen (secondary N) is 1. The molecule has 3 aromatic rings. The number of anilines is 1. The van der Waals surface area contributed by atoms with Gasteiger partial charge in [-0.3, -0.25) is 14.9 Å². The van der Waals surface area contributed by atoms with Gasteiger partial charge in [0.1, 0.15) is 17.9 Å². The molecule has 0 unspecified atom stereocenters. The molecule has 0 aliphatic carbocycles. The highest BCUT2D eigenvalue weighted by molar-refractivity contribution is 9.10. The van der Waals surface area contributed by atoms with Gasteiger partial charge in [0.15, 0.2) is 0 Å². The van der Waals surface area contributed by atoms with Crippen molar-refractivity contribution in [3.05, 3.63) is 98.0 Å². The first-order valence-electron chi connectivity index (χ1n) is 10.4. The number of urea groups is 1. The maximum Gasteiger partial charge on any atom is 0.335 e. The number of ether oxygens (including phenoxy) is 1. The van der Waals surface area contributed by atoms with Crippen LogP contribution in [0.3, 0.4) is 0 Å². The van der Waals surface area contributed by atoms with Crippen molar-refractivity contribution >= 4 is 57.1 Å². The summed E-state index contributed by atoms with van der Waals surface area (Å²) in [5.74, 6) is -0.831. The zero-order chi connectivity index (χ0) is 24.4. The predicted molar refractivity (Wildman–Crippen MR) is 135 cm³/mol. The number of imide groups is 2. The summed E-state index contributed by atoms with van der Waals surface area (Å²) in [5.41, 5.74) is 3.45. The smallest absolute Gasteiger partial charge is 0.335 e. The van der Waals surface area contributed by atoms with Crippen LogP contribution in [-0.2, 0) is 16.2 Å². The third-order valence-electron chi connectivity index (χ3n) is 5.26. The number of carbonyl (C=O) groups excluding carboxylic acids is 3. The fourth-order valence-electron chi connectivity index (χ4n) is 3.52. The Morgan fingerprint density at radius 3 is 2.56 bits per heavy atom. The summed E-state index contributed by atoms with van der Waals surface area (Å²) in [6.45, 7) is 3.99. The summed E-state index contributed by atoms with van der Waals surface area (Å²) in [4.78, 5) is 39.2. The molecular formula is C26H20BrClN2O4. The fourth-order valence-corrected chi connectivity index (χ4v) is 4.24. The van der Waals surface area contributed by atoms with Crippen LogP contribution in [0.1, 0.15) is 22.3 Å². The number of rotatable bonds is 5. The Bertz CT molecular complexity index is 1350. The van der Waals surface area contributed by atoms with Gasteiger partial charge in [-0.1, -0.05) is 41.9 Å². The summed E-state index contributed by atoms with van der Waals surface area (Å²) < 4.78 is 6.50. The van der Waals surface area contributed by atoms with Crippen molar-refractivity contribution in [2.24, 2.45) is 0 Å². The van der Waals surface area contributed by atoms with Gasteiger partial charge in [0, 0.05) is 5.02 Å². The molecule has 1 fully saturated rings. The van der Waals surface area contributed by atoms with Gasteiger partial charge in [-0.05, 0) is 88.4 Å². The molecule has 0 radical (unpaired) electrons. The molecule has 1 heterocycles. The molecule has 0 spiro atoms. The summed E-state index contributed by atoms with van der Waals surface area (Å²) in [6, 6.07) is 17.3. The van der Waals surface area contributed by atoms with Crippen LogP contribution in [-0.4, -0.2) is 17.8 Å². The summed E-state index contributed by atoms with van der Waals surface area (Å²) in [7, 11) is 0. The lowest BCUT2D eigenvalue weighted by Gasteiger charge is -2.27. The Kier molecular flexibility index (Phi) is 6.86. The molecule has 0 aromatic heterocycles. The average molecular weight is 540 g/mol. The van der Waals surface area contributed by atoms with Crippen molar-refractivity contribution in [1.82, 2.24) is 5.32 Å². The van der Waals surface area contributed by atoms with E-state index in [0.29, 0.717) is 33.1 Å². The summed E-state index contributed by atoms with van der Waals surface area (Å²) in [6.07, 6.45) is 1.45. The van der Waals surface area contributed by atoms with Crippen LogP contribution in [0.2, 0.25) is 5.02 Å². The number of carbonyl (C=O) groups is 3. The number of aryl methyl sites for hydroxylation is 2. The van der Waals surface area contributed by atoms with E-state index in [4.69, 9.17) is 16.3 Å². The minimum Gasteiger partial charge on any atom is -0.488 e. The lowest BCUT2D eigenvalue weighted by Crippen LogP contribution is -2.54. The van der Waals surface area contributed by atoms with Gasteiger partial charge >= 0.3 is 6.03 Å². The average Bonchev–Trinajstić information content (AvgIpc) is 2.78. The topological polar surface area (TPSA) is 75.7 Å². The number of halogens is 2. The number of barbiturate groups is 1. The molecule has 8 heteroatoms. The monoisotopic (exact) mass is 538 g/mol. The van der Waals surface area contributed by atoms with Crippen molar-refractivity contribution in [3.8, 4) is 5.75 Å². The second-order valence-corrected chi connectivity index (χ2v) is 9.15. The highest BCUT2D eigenvalue weighted by Gasteiger charge is 2.37. The molecule has 6 nitrogen and oxygen atoms in total. The second kappa shape index (κ2) is 9.83. The van der Waals surface area contributed by atoms with Gasteiger partial charge in [-0.2, -0.15) is 0 Å². The fraction of sp³-hybridized carbons (Fsp3) is 0.115. The van der Waals surface area contributed by atoms with Crippen LogP contribution in [0.25, 0.3) is 6.08 Å². The SMILES string of the molecule is Cc1ccc(C)c(N2C(=O)NC(=O)/C(=C\c3ccc(OCc4cccc(Cl)c4)c(Br)c3)C2=O)c1. The molecule has 0 saturated carbocycles. The molecule has 172 valence electrons. The van der Waals surface area contributed by atoms with Crippen LogP contribution in [0, 0.1) is 13.8 Å². The summed E-state index contributed by atoms with van der Waals surface area (Å²) >= 11 is 9.49. The van der Waals surface area contributed by atoms with Gasteiger partial charge in [0.05, 0.1) is 10.2 Å². The third-order valence-corrected chi connectivity index (χ3v) is 6.11. The molecule has 0 bridgehead atoms. The molecule has 34 heavy (non-hydrogen) atoms. The normalized spacial score (nSPS) is 15.0. The standard InChI is InChI=1S/C26H20BrClN2O4/c1-15-6-7-16(2)22(10-15)30-25(32)20(24(31)29-26(30)33)12-17-8-9-23(21(27)13-17)34-14-18-4-3-5-19(28)11-18/h3-13H,14H2,1-2H3,(H,29,31,33)/b20-12+. The number of hydrogen-bond acceptors (Lipinski definition) is 4. The van der Waals surface area contributed by atoms with E-state index in [1.54, 1.807) is 37.3 Å². The van der Waals surface area contributed by atoms with Gasteiger partial charge in [0.25, 0.3) is 11.8 Å². The van der Waals surface area contributed by atoms with Gasteiger partial charge < -0.3 is 4.74 Å². The first-order valence-corrected chi connectivity index (χ1v) is 11.6. The van der Waals surface area contributed by atoms with Crippen LogP contribution >= 0.6 is 27.5 Å². The van der Waals surface area contributed by atoms with Crippen molar-refractivity contribution in [2.75, 3.05) is 4.90 Å². The second-order valence-electron chi connectivity index (χ2n) is 7.86. The Morgan fingerprint density at radius 1 is 1.03 bits per heavy atom. The number of amides is 4. The Labute approximate surface area is 210 Å². The van der Waals surface area contributed by atoms with Crippen molar-refractivity contribution < 1.29 is 19.1 Å². The van der Waals surface area contributed by atoms with E-state index >= 15 is 0 Å². The Balaban J connectivity index is 1.59. The minimum atomic E-state index is -0.771. The quantitative estimate of drug-likeness (QED) is 0.320. The van der Waals surface area contributed by atoms with E-state index < -0.39 is 17.8 Å². The first-order chi connectivity index (χ1) is 16.2. The van der Waals surface area contributed by atoms with E-state index in [2.05, 4.69) is 21.2 Å². The molecular weight excluding hydrogens is 520 g/mol. The van der Waals surface area contributed by atoms with Crippen LogP contribution in [0.15, 0.2) is 70.7 Å². The van der Waals surface area contributed by atoms with Gasteiger partial charge in [-0.25, -0.2) is 9.69 Å². The highest BCUT2D eigenvalue weighted by atomic mass is 79.9. The van der Waals surface area contributed by atoms with E-state index in [1.807, 2.05) is 37.3 Å². The number of hydrogen-bond donors (Lipinski definition) is 1. The van der Waals surface area contributed by atoms with Gasteiger partial charge in [0.2, 0.25) is 0 Å². The van der Waals surface area contributed by atoms with E-state index in [1.165, 1.54) is 6.08 Å². The van der Waals surface area contributed by atoms with E-state index in [9.17, 15) is 14.4 Å². The lowest BCUT2D eigenvalue weighted by molar-refractivity contribution is -0.122. The largest absolute Gasteiger partial charge is 0.488 e. The zero-order valence-corrected chi connectivity index (χ0v) is 20.7. The first kappa shape index (κ1) is 23.7. The van der Waals surface area contributed by atoms with Crippen LogP contribution < -0.4 is 15.0 Å². The highest BCUT2D eigenvalue weighted by Crippen LogP contribution is 2.30. The van der Waals surface area contributed by atoms with E-state index in [0.717, 1.165) is 21.6 Å². The predicted octanol–water partition coefficient (Wildman–Crippen LogP) is 5.96. The Hall–Kier alpha value is -3.42. The zero-order valence-electron chi connectivity index (χ0n) is 18.4. The van der Waals surface area contributed by atoms with Crippen LogP contribution in [0.5, 0.6) is 5.75 Å². The van der Waals surface area contributed by atoms with Gasteiger partial charge in [-0.15, -0.1) is 0 Å². The molecule has 4 amide bonds. The summed E-state index contributed by atoms with van der Waals surface area (Å²) in [5, 5.41) is 2.89. The minimum absolute atomic E-state index is 0.139. The van der Waals surface area contributed by atoms with Crippen molar-refractivity contribution in [2.45, 2.75) is 20.5 Å². The van der Waals surface area contributed by atoms with Crippen molar-refractivity contribution in [3.63, 3.8) is 0 Å². The molecule has 1 saturated heterocycles. The molecule has 3 aromatic carbocycles. The molecule has 1 N–H and O–H groups in total. The molecule has 0 atom stereocenters. The third kappa shape index (κ3) is 5.05. The molecule has 1 aliphatic heterocycles.